The zero-order valence-corrected chi connectivity index (χ0v) is 13.2. The first-order chi connectivity index (χ1) is 9.69. The normalized spacial score (nSPS) is 16.1. The Morgan fingerprint density at radius 3 is 2.40 bits per heavy atom. The summed E-state index contributed by atoms with van der Waals surface area (Å²) in [5.41, 5.74) is 0.966. The monoisotopic (exact) mass is 294 g/mol. The lowest BCUT2D eigenvalue weighted by molar-refractivity contribution is 0.192. The summed E-state index contributed by atoms with van der Waals surface area (Å²) in [4.78, 5) is 5.55. The minimum atomic E-state index is 0.771. The van der Waals surface area contributed by atoms with Gasteiger partial charge < -0.3 is 19.3 Å². The molecule has 0 bridgehead atoms. The standard InChI is InChI=1S/C15H22N2O2S/c1-4-16-7-9-17(10-8-16)15(20)13-6-5-12(18-2)11-14(13)19-3/h5-6,11H,4,7-10H2,1-3H3. The molecule has 0 amide bonds. The van der Waals surface area contributed by atoms with Crippen LogP contribution in [0.3, 0.4) is 0 Å². The summed E-state index contributed by atoms with van der Waals surface area (Å²) >= 11 is 5.64. The van der Waals surface area contributed by atoms with Crippen LogP contribution in [0.15, 0.2) is 18.2 Å². The van der Waals surface area contributed by atoms with Crippen LogP contribution >= 0.6 is 12.2 Å². The van der Waals surface area contributed by atoms with Crippen LogP contribution in [0.25, 0.3) is 0 Å². The number of likely N-dealkylation sites (N-methyl/N-ethyl adjacent to an activating group) is 1. The molecule has 110 valence electrons. The second-order valence-corrected chi connectivity index (χ2v) is 5.18. The zero-order chi connectivity index (χ0) is 14.5. The van der Waals surface area contributed by atoms with E-state index in [2.05, 4.69) is 16.7 Å². The van der Waals surface area contributed by atoms with Gasteiger partial charge in [-0.1, -0.05) is 19.1 Å². The SMILES string of the molecule is CCN1CCN(C(=S)c2ccc(OC)cc2OC)CC1. The van der Waals surface area contributed by atoms with E-state index >= 15 is 0 Å². The van der Waals surface area contributed by atoms with Crippen LogP contribution in [0.4, 0.5) is 0 Å². The number of benzene rings is 1. The van der Waals surface area contributed by atoms with E-state index in [4.69, 9.17) is 21.7 Å². The van der Waals surface area contributed by atoms with Crippen molar-refractivity contribution in [2.45, 2.75) is 6.92 Å². The maximum Gasteiger partial charge on any atom is 0.132 e. The van der Waals surface area contributed by atoms with Crippen molar-refractivity contribution in [3.05, 3.63) is 23.8 Å². The molecule has 1 heterocycles. The van der Waals surface area contributed by atoms with Gasteiger partial charge >= 0.3 is 0 Å². The Morgan fingerprint density at radius 1 is 1.15 bits per heavy atom. The van der Waals surface area contributed by atoms with Gasteiger partial charge in [-0.05, 0) is 18.7 Å². The number of nitrogens with zero attached hydrogens (tertiary/aromatic N) is 2. The second-order valence-electron chi connectivity index (χ2n) is 4.79. The first kappa shape index (κ1) is 15.1. The Balaban J connectivity index is 2.13. The van der Waals surface area contributed by atoms with Crippen molar-refractivity contribution in [3.8, 4) is 11.5 Å². The lowest BCUT2D eigenvalue weighted by Gasteiger charge is -2.35. The molecule has 1 saturated heterocycles. The summed E-state index contributed by atoms with van der Waals surface area (Å²) in [6, 6.07) is 5.78. The minimum Gasteiger partial charge on any atom is -0.497 e. The van der Waals surface area contributed by atoms with Crippen LogP contribution in [-0.2, 0) is 0 Å². The summed E-state index contributed by atoms with van der Waals surface area (Å²) in [5, 5.41) is 0. The molecule has 0 spiro atoms. The summed E-state index contributed by atoms with van der Waals surface area (Å²) < 4.78 is 10.7. The average Bonchev–Trinajstić information content (AvgIpc) is 2.53. The summed E-state index contributed by atoms with van der Waals surface area (Å²) in [6.45, 7) is 7.38. The molecule has 0 radical (unpaired) electrons. The van der Waals surface area contributed by atoms with E-state index in [0.717, 1.165) is 54.8 Å². The van der Waals surface area contributed by atoms with Crippen LogP contribution in [-0.4, -0.2) is 61.7 Å². The summed E-state index contributed by atoms with van der Waals surface area (Å²) in [6.07, 6.45) is 0. The first-order valence-electron chi connectivity index (χ1n) is 6.93. The smallest absolute Gasteiger partial charge is 0.132 e. The third-order valence-corrected chi connectivity index (χ3v) is 4.22. The van der Waals surface area contributed by atoms with E-state index in [1.54, 1.807) is 14.2 Å². The van der Waals surface area contributed by atoms with Gasteiger partial charge in [-0.25, -0.2) is 0 Å². The van der Waals surface area contributed by atoms with E-state index in [1.165, 1.54) is 0 Å². The van der Waals surface area contributed by atoms with Crippen molar-refractivity contribution in [3.63, 3.8) is 0 Å². The Bertz CT molecular complexity index is 471. The fourth-order valence-corrected chi connectivity index (χ4v) is 2.76. The van der Waals surface area contributed by atoms with Crippen LogP contribution < -0.4 is 9.47 Å². The zero-order valence-electron chi connectivity index (χ0n) is 12.4. The third-order valence-electron chi connectivity index (χ3n) is 3.75. The van der Waals surface area contributed by atoms with Crippen molar-refractivity contribution in [2.24, 2.45) is 0 Å². The van der Waals surface area contributed by atoms with E-state index in [9.17, 15) is 0 Å². The molecule has 0 atom stereocenters. The van der Waals surface area contributed by atoms with E-state index in [1.807, 2.05) is 18.2 Å². The molecule has 5 heteroatoms. The van der Waals surface area contributed by atoms with Crippen molar-refractivity contribution in [1.29, 1.82) is 0 Å². The average molecular weight is 294 g/mol. The molecule has 1 fully saturated rings. The lowest BCUT2D eigenvalue weighted by atomic mass is 10.1. The highest BCUT2D eigenvalue weighted by Gasteiger charge is 2.21. The fourth-order valence-electron chi connectivity index (χ4n) is 2.41. The number of methoxy groups -OCH3 is 2. The van der Waals surface area contributed by atoms with Crippen molar-refractivity contribution < 1.29 is 9.47 Å². The molecule has 20 heavy (non-hydrogen) atoms. The van der Waals surface area contributed by atoms with Gasteiger partial charge in [0.1, 0.15) is 16.5 Å². The molecular weight excluding hydrogens is 272 g/mol. The fraction of sp³-hybridized carbons (Fsp3) is 0.533. The maximum absolute atomic E-state index is 5.64. The number of rotatable bonds is 4. The van der Waals surface area contributed by atoms with Crippen LogP contribution in [0.2, 0.25) is 0 Å². The Morgan fingerprint density at radius 2 is 1.85 bits per heavy atom. The van der Waals surface area contributed by atoms with Crippen molar-refractivity contribution in [1.82, 2.24) is 9.80 Å². The largest absolute Gasteiger partial charge is 0.497 e. The predicted molar refractivity (Wildman–Crippen MR) is 84.9 cm³/mol. The Hall–Kier alpha value is -1.33. The van der Waals surface area contributed by atoms with Gasteiger partial charge in [0.2, 0.25) is 0 Å². The van der Waals surface area contributed by atoms with E-state index < -0.39 is 0 Å². The van der Waals surface area contributed by atoms with Crippen LogP contribution in [0.1, 0.15) is 12.5 Å². The molecule has 1 aliphatic heterocycles. The predicted octanol–water partition coefficient (Wildman–Crippen LogP) is 2.02. The van der Waals surface area contributed by atoms with Gasteiger partial charge in [0.15, 0.2) is 0 Å². The van der Waals surface area contributed by atoms with Crippen LogP contribution in [0, 0.1) is 0 Å². The third kappa shape index (κ3) is 3.22. The molecule has 1 aliphatic rings. The summed E-state index contributed by atoms with van der Waals surface area (Å²) in [7, 11) is 3.31. The van der Waals surface area contributed by atoms with E-state index in [-0.39, 0.29) is 0 Å². The number of hydrogen-bond donors (Lipinski definition) is 0. The van der Waals surface area contributed by atoms with Crippen LogP contribution in [0.5, 0.6) is 11.5 Å². The number of hydrogen-bond acceptors (Lipinski definition) is 4. The Kier molecular flexibility index (Phi) is 5.20. The number of ether oxygens (including phenoxy) is 2. The quantitative estimate of drug-likeness (QED) is 0.791. The molecule has 1 aromatic carbocycles. The van der Waals surface area contributed by atoms with Crippen molar-refractivity contribution >= 4 is 17.2 Å². The summed E-state index contributed by atoms with van der Waals surface area (Å²) in [5.74, 6) is 1.55. The molecule has 0 aromatic heterocycles. The topological polar surface area (TPSA) is 24.9 Å². The molecule has 0 aliphatic carbocycles. The van der Waals surface area contributed by atoms with Gasteiger partial charge in [0.25, 0.3) is 0 Å². The highest BCUT2D eigenvalue weighted by atomic mass is 32.1. The molecule has 4 nitrogen and oxygen atoms in total. The maximum atomic E-state index is 5.64. The molecule has 1 aromatic rings. The minimum absolute atomic E-state index is 0.771. The molecule has 0 N–H and O–H groups in total. The molecule has 2 rings (SSSR count). The van der Waals surface area contributed by atoms with Gasteiger partial charge in [0, 0.05) is 32.2 Å². The molecule has 0 unspecified atom stereocenters. The van der Waals surface area contributed by atoms with Gasteiger partial charge in [-0.3, -0.25) is 0 Å². The van der Waals surface area contributed by atoms with Crippen molar-refractivity contribution in [2.75, 3.05) is 46.9 Å². The first-order valence-corrected chi connectivity index (χ1v) is 7.34. The van der Waals surface area contributed by atoms with Gasteiger partial charge in [-0.15, -0.1) is 0 Å². The number of thiocarbonyl (C=S) groups is 1. The van der Waals surface area contributed by atoms with E-state index in [0.29, 0.717) is 0 Å². The van der Waals surface area contributed by atoms with Gasteiger partial charge in [0.05, 0.1) is 19.8 Å². The Labute approximate surface area is 126 Å². The van der Waals surface area contributed by atoms with Gasteiger partial charge in [-0.2, -0.15) is 0 Å². The molecular formula is C15H22N2O2S. The lowest BCUT2D eigenvalue weighted by Crippen LogP contribution is -2.48. The second kappa shape index (κ2) is 6.90. The molecule has 0 saturated carbocycles. The highest BCUT2D eigenvalue weighted by Crippen LogP contribution is 2.26. The highest BCUT2D eigenvalue weighted by molar-refractivity contribution is 7.80. The number of piperazine rings is 1.